The second-order valence-electron chi connectivity index (χ2n) is 4.66. The quantitative estimate of drug-likeness (QED) is 0.632. The zero-order chi connectivity index (χ0) is 13.9. The number of aryl methyl sites for hydroxylation is 1. The molecule has 3 rings (SSSR count). The van der Waals surface area contributed by atoms with Crippen LogP contribution in [0.1, 0.15) is 5.56 Å². The molecule has 0 fully saturated rings. The Hall–Kier alpha value is -2.19. The van der Waals surface area contributed by atoms with E-state index < -0.39 is 0 Å². The van der Waals surface area contributed by atoms with E-state index in [-0.39, 0.29) is 0 Å². The van der Waals surface area contributed by atoms with Gasteiger partial charge in [0.2, 0.25) is 0 Å². The highest BCUT2D eigenvalue weighted by Crippen LogP contribution is 2.33. The van der Waals surface area contributed by atoms with Crippen molar-refractivity contribution in [1.82, 2.24) is 9.97 Å². The molecular formula is C17H13ClN2. The number of rotatable bonds is 2. The molecule has 3 heteroatoms. The van der Waals surface area contributed by atoms with Gasteiger partial charge in [-0.2, -0.15) is 0 Å². The molecule has 0 saturated carbocycles. The number of nitrogens with zero attached hydrogens (tertiary/aromatic N) is 2. The van der Waals surface area contributed by atoms with Crippen molar-refractivity contribution >= 4 is 11.6 Å². The molecule has 2 heterocycles. The fourth-order valence-corrected chi connectivity index (χ4v) is 2.40. The molecule has 1 aromatic carbocycles. The van der Waals surface area contributed by atoms with Gasteiger partial charge in [0.1, 0.15) is 5.15 Å². The van der Waals surface area contributed by atoms with Gasteiger partial charge in [-0.1, -0.05) is 41.4 Å². The van der Waals surface area contributed by atoms with Crippen molar-refractivity contribution in [2.75, 3.05) is 0 Å². The van der Waals surface area contributed by atoms with Crippen LogP contribution in [-0.4, -0.2) is 9.97 Å². The molecule has 2 nitrogen and oxygen atoms in total. The second kappa shape index (κ2) is 5.43. The van der Waals surface area contributed by atoms with Gasteiger partial charge >= 0.3 is 0 Å². The maximum atomic E-state index is 6.07. The van der Waals surface area contributed by atoms with Crippen molar-refractivity contribution in [3.63, 3.8) is 0 Å². The number of pyridine rings is 2. The smallest absolute Gasteiger partial charge is 0.129 e. The number of hydrogen-bond acceptors (Lipinski definition) is 2. The number of benzene rings is 1. The van der Waals surface area contributed by atoms with Crippen LogP contribution in [0, 0.1) is 6.92 Å². The number of hydrogen-bond donors (Lipinski definition) is 0. The summed E-state index contributed by atoms with van der Waals surface area (Å²) in [6, 6.07) is 14.2. The minimum atomic E-state index is 0.499. The fraction of sp³-hybridized carbons (Fsp3) is 0.0588. The van der Waals surface area contributed by atoms with Gasteiger partial charge in [-0.15, -0.1) is 0 Å². The number of halogens is 1. The Morgan fingerprint density at radius 1 is 0.900 bits per heavy atom. The van der Waals surface area contributed by atoms with Crippen LogP contribution >= 0.6 is 11.6 Å². The van der Waals surface area contributed by atoms with Gasteiger partial charge in [-0.3, -0.25) is 4.98 Å². The Kier molecular flexibility index (Phi) is 3.48. The minimum Gasteiger partial charge on any atom is -0.265 e. The van der Waals surface area contributed by atoms with E-state index in [4.69, 9.17) is 11.6 Å². The lowest BCUT2D eigenvalue weighted by Crippen LogP contribution is -1.89. The van der Waals surface area contributed by atoms with Crippen molar-refractivity contribution in [1.29, 1.82) is 0 Å². The normalized spacial score (nSPS) is 10.5. The molecule has 2 aromatic heterocycles. The molecule has 0 saturated heterocycles. The Labute approximate surface area is 123 Å². The third kappa shape index (κ3) is 2.56. The molecule has 98 valence electrons. The minimum absolute atomic E-state index is 0.499. The van der Waals surface area contributed by atoms with Crippen molar-refractivity contribution in [2.45, 2.75) is 6.92 Å². The molecule has 3 aromatic rings. The molecule has 0 bridgehead atoms. The SMILES string of the molecule is Cc1cccc(-c2cc(Cl)ncc2-c2ccncc2)c1. The molecule has 0 aliphatic heterocycles. The molecule has 0 aliphatic rings. The maximum Gasteiger partial charge on any atom is 0.129 e. The first kappa shape index (κ1) is 12.8. The van der Waals surface area contributed by atoms with E-state index in [0.717, 1.165) is 22.3 Å². The van der Waals surface area contributed by atoms with E-state index in [0.29, 0.717) is 5.15 Å². The lowest BCUT2D eigenvalue weighted by molar-refractivity contribution is 1.30. The predicted octanol–water partition coefficient (Wildman–Crippen LogP) is 4.77. The Balaban J connectivity index is 2.22. The highest BCUT2D eigenvalue weighted by Gasteiger charge is 2.09. The first-order valence-electron chi connectivity index (χ1n) is 6.37. The topological polar surface area (TPSA) is 25.8 Å². The summed E-state index contributed by atoms with van der Waals surface area (Å²) in [5, 5.41) is 0.499. The monoisotopic (exact) mass is 280 g/mol. The highest BCUT2D eigenvalue weighted by atomic mass is 35.5. The van der Waals surface area contributed by atoms with Crippen LogP contribution in [0.3, 0.4) is 0 Å². The van der Waals surface area contributed by atoms with Crippen molar-refractivity contribution < 1.29 is 0 Å². The van der Waals surface area contributed by atoms with E-state index in [1.54, 1.807) is 12.4 Å². The zero-order valence-corrected chi connectivity index (χ0v) is 11.8. The summed E-state index contributed by atoms with van der Waals surface area (Å²) in [4.78, 5) is 8.27. The van der Waals surface area contributed by atoms with Gasteiger partial charge in [0.25, 0.3) is 0 Å². The summed E-state index contributed by atoms with van der Waals surface area (Å²) in [6.45, 7) is 2.08. The van der Waals surface area contributed by atoms with Gasteiger partial charge in [0.15, 0.2) is 0 Å². The van der Waals surface area contributed by atoms with E-state index in [9.17, 15) is 0 Å². The molecule has 0 spiro atoms. The van der Waals surface area contributed by atoms with Crippen LogP contribution in [0.5, 0.6) is 0 Å². The Morgan fingerprint density at radius 2 is 1.70 bits per heavy atom. The maximum absolute atomic E-state index is 6.07. The fourth-order valence-electron chi connectivity index (χ4n) is 2.24. The molecule has 0 radical (unpaired) electrons. The summed E-state index contributed by atoms with van der Waals surface area (Å²) in [5.74, 6) is 0. The van der Waals surface area contributed by atoms with E-state index in [2.05, 4.69) is 41.2 Å². The summed E-state index contributed by atoms with van der Waals surface area (Å²) in [6.07, 6.45) is 5.38. The number of aromatic nitrogens is 2. The van der Waals surface area contributed by atoms with Gasteiger partial charge in [0.05, 0.1) is 0 Å². The third-order valence-electron chi connectivity index (χ3n) is 3.19. The summed E-state index contributed by atoms with van der Waals surface area (Å²) in [5.41, 5.74) is 5.58. The summed E-state index contributed by atoms with van der Waals surface area (Å²) < 4.78 is 0. The van der Waals surface area contributed by atoms with Crippen molar-refractivity contribution in [3.05, 3.63) is 71.8 Å². The van der Waals surface area contributed by atoms with Crippen LogP contribution in [-0.2, 0) is 0 Å². The highest BCUT2D eigenvalue weighted by molar-refractivity contribution is 6.29. The van der Waals surface area contributed by atoms with Crippen molar-refractivity contribution in [3.8, 4) is 22.3 Å². The largest absolute Gasteiger partial charge is 0.265 e. The van der Waals surface area contributed by atoms with Gasteiger partial charge < -0.3 is 0 Å². The van der Waals surface area contributed by atoms with E-state index >= 15 is 0 Å². The molecule has 0 N–H and O–H groups in total. The van der Waals surface area contributed by atoms with Gasteiger partial charge in [0, 0.05) is 24.2 Å². The first-order chi connectivity index (χ1) is 9.74. The van der Waals surface area contributed by atoms with Crippen LogP contribution < -0.4 is 0 Å². The Morgan fingerprint density at radius 3 is 2.45 bits per heavy atom. The average molecular weight is 281 g/mol. The lowest BCUT2D eigenvalue weighted by Gasteiger charge is -2.10. The molecule has 0 atom stereocenters. The molecule has 0 aliphatic carbocycles. The zero-order valence-electron chi connectivity index (χ0n) is 11.0. The third-order valence-corrected chi connectivity index (χ3v) is 3.40. The van der Waals surface area contributed by atoms with Crippen molar-refractivity contribution in [2.24, 2.45) is 0 Å². The van der Waals surface area contributed by atoms with E-state index in [1.165, 1.54) is 5.56 Å². The van der Waals surface area contributed by atoms with Crippen LogP contribution in [0.25, 0.3) is 22.3 Å². The molecule has 0 unspecified atom stereocenters. The molecule has 0 amide bonds. The van der Waals surface area contributed by atoms with E-state index in [1.807, 2.05) is 24.4 Å². The summed E-state index contributed by atoms with van der Waals surface area (Å²) in [7, 11) is 0. The first-order valence-corrected chi connectivity index (χ1v) is 6.75. The summed E-state index contributed by atoms with van der Waals surface area (Å²) >= 11 is 6.07. The lowest BCUT2D eigenvalue weighted by atomic mass is 9.96. The second-order valence-corrected chi connectivity index (χ2v) is 5.05. The standard InChI is InChI=1S/C17H13ClN2/c1-12-3-2-4-14(9-12)15-10-17(18)20-11-16(15)13-5-7-19-8-6-13/h2-11H,1H3. The predicted molar refractivity (Wildman–Crippen MR) is 82.7 cm³/mol. The van der Waals surface area contributed by atoms with Gasteiger partial charge in [-0.25, -0.2) is 4.98 Å². The van der Waals surface area contributed by atoms with Crippen LogP contribution in [0.2, 0.25) is 5.15 Å². The average Bonchev–Trinajstić information content (AvgIpc) is 2.48. The van der Waals surface area contributed by atoms with Gasteiger partial charge in [-0.05, 0) is 41.8 Å². The van der Waals surface area contributed by atoms with Crippen LogP contribution in [0.4, 0.5) is 0 Å². The van der Waals surface area contributed by atoms with Crippen LogP contribution in [0.15, 0.2) is 61.1 Å². The molecule has 20 heavy (non-hydrogen) atoms. The molecular weight excluding hydrogens is 268 g/mol. The Bertz CT molecular complexity index is 739.